The molecule has 1 aliphatic carbocycles. The van der Waals surface area contributed by atoms with Gasteiger partial charge < -0.3 is 10.4 Å². The number of benzene rings is 1. The average molecular weight is 261 g/mol. The molecule has 102 valence electrons. The summed E-state index contributed by atoms with van der Waals surface area (Å²) in [5, 5.41) is 11.9. The van der Waals surface area contributed by atoms with Crippen LogP contribution in [0.1, 0.15) is 41.6 Å². The maximum Gasteiger partial charge on any atom is 0.306 e. The normalized spacial score (nSPS) is 22.8. The fourth-order valence-corrected chi connectivity index (χ4v) is 2.54. The van der Waals surface area contributed by atoms with Crippen LogP contribution in [0, 0.1) is 12.8 Å². The van der Waals surface area contributed by atoms with Crippen LogP contribution in [0.2, 0.25) is 0 Å². The molecule has 4 nitrogen and oxygen atoms in total. The molecule has 1 aromatic carbocycles. The second-order valence-corrected chi connectivity index (χ2v) is 5.23. The van der Waals surface area contributed by atoms with Gasteiger partial charge in [0.25, 0.3) is 5.91 Å². The molecule has 0 bridgehead atoms. The minimum absolute atomic E-state index is 0.0672. The Labute approximate surface area is 112 Å². The van der Waals surface area contributed by atoms with Crippen molar-refractivity contribution in [3.63, 3.8) is 0 Å². The molecule has 0 spiro atoms. The fraction of sp³-hybridized carbons (Fsp3) is 0.467. The van der Waals surface area contributed by atoms with Crippen molar-refractivity contribution in [2.45, 2.75) is 38.6 Å². The summed E-state index contributed by atoms with van der Waals surface area (Å²) in [5.74, 6) is -1.03. The van der Waals surface area contributed by atoms with E-state index in [4.69, 9.17) is 5.11 Å². The molecule has 1 amide bonds. The minimum atomic E-state index is -0.719. The third kappa shape index (κ3) is 3.56. The van der Waals surface area contributed by atoms with Crippen molar-refractivity contribution in [3.8, 4) is 0 Å². The number of carboxylic acids is 1. The van der Waals surface area contributed by atoms with Crippen LogP contribution in [0.15, 0.2) is 24.3 Å². The van der Waals surface area contributed by atoms with Crippen LogP contribution in [0.4, 0.5) is 0 Å². The molecule has 1 aliphatic rings. The summed E-state index contributed by atoms with van der Waals surface area (Å²) < 4.78 is 0. The summed E-state index contributed by atoms with van der Waals surface area (Å²) in [6.45, 7) is 1.95. The van der Waals surface area contributed by atoms with Crippen molar-refractivity contribution in [1.82, 2.24) is 5.32 Å². The van der Waals surface area contributed by atoms with E-state index in [0.717, 1.165) is 18.4 Å². The number of amides is 1. The highest BCUT2D eigenvalue weighted by atomic mass is 16.4. The first-order valence-corrected chi connectivity index (χ1v) is 6.66. The van der Waals surface area contributed by atoms with E-state index in [1.807, 2.05) is 25.1 Å². The first-order valence-electron chi connectivity index (χ1n) is 6.66. The minimum Gasteiger partial charge on any atom is -0.481 e. The van der Waals surface area contributed by atoms with E-state index in [0.29, 0.717) is 18.4 Å². The number of carbonyl (C=O) groups excluding carboxylic acids is 1. The summed E-state index contributed by atoms with van der Waals surface area (Å²) in [6.07, 6.45) is 2.78. The molecule has 2 N–H and O–H groups in total. The Hall–Kier alpha value is -1.84. The Morgan fingerprint density at radius 3 is 2.47 bits per heavy atom. The molecule has 1 saturated carbocycles. The number of hydrogen-bond acceptors (Lipinski definition) is 2. The topological polar surface area (TPSA) is 66.4 Å². The molecule has 0 atom stereocenters. The predicted molar refractivity (Wildman–Crippen MR) is 72.0 cm³/mol. The lowest BCUT2D eigenvalue weighted by Gasteiger charge is -2.26. The number of hydrogen-bond donors (Lipinski definition) is 2. The van der Waals surface area contributed by atoms with Gasteiger partial charge in [0.2, 0.25) is 0 Å². The zero-order valence-corrected chi connectivity index (χ0v) is 11.1. The Kier molecular flexibility index (Phi) is 4.20. The van der Waals surface area contributed by atoms with Gasteiger partial charge in [0.05, 0.1) is 5.92 Å². The van der Waals surface area contributed by atoms with Gasteiger partial charge in [-0.3, -0.25) is 9.59 Å². The fourth-order valence-electron chi connectivity index (χ4n) is 2.54. The highest BCUT2D eigenvalue weighted by Gasteiger charge is 2.26. The highest BCUT2D eigenvalue weighted by Crippen LogP contribution is 2.24. The van der Waals surface area contributed by atoms with Crippen molar-refractivity contribution >= 4 is 11.9 Å². The van der Waals surface area contributed by atoms with E-state index in [-0.39, 0.29) is 17.9 Å². The molecule has 0 aromatic heterocycles. The predicted octanol–water partition coefficient (Wildman–Crippen LogP) is 2.37. The van der Waals surface area contributed by atoms with Gasteiger partial charge in [0, 0.05) is 11.6 Å². The molecule has 1 aromatic rings. The highest BCUT2D eigenvalue weighted by molar-refractivity contribution is 5.94. The van der Waals surface area contributed by atoms with Crippen LogP contribution < -0.4 is 5.32 Å². The van der Waals surface area contributed by atoms with Gasteiger partial charge in [0.1, 0.15) is 0 Å². The zero-order chi connectivity index (χ0) is 13.8. The first-order chi connectivity index (χ1) is 9.06. The van der Waals surface area contributed by atoms with Crippen LogP contribution in [0.25, 0.3) is 0 Å². The molecule has 0 radical (unpaired) electrons. The number of aliphatic carboxylic acids is 1. The lowest BCUT2D eigenvalue weighted by molar-refractivity contribution is -0.142. The SMILES string of the molecule is Cc1cccc(C(=O)NC2CCC(C(=O)O)CC2)c1. The number of rotatable bonds is 3. The smallest absolute Gasteiger partial charge is 0.306 e. The summed E-state index contributed by atoms with van der Waals surface area (Å²) >= 11 is 0. The molecular weight excluding hydrogens is 242 g/mol. The standard InChI is InChI=1S/C15H19NO3/c1-10-3-2-4-12(9-10)14(17)16-13-7-5-11(6-8-13)15(18)19/h2-4,9,11,13H,5-8H2,1H3,(H,16,17)(H,18,19). The van der Waals surface area contributed by atoms with E-state index in [2.05, 4.69) is 5.32 Å². The first kappa shape index (κ1) is 13.6. The second-order valence-electron chi connectivity index (χ2n) is 5.23. The molecule has 1 fully saturated rings. The Bertz CT molecular complexity index is 476. The molecule has 0 saturated heterocycles. The van der Waals surface area contributed by atoms with Crippen LogP contribution >= 0.6 is 0 Å². The van der Waals surface area contributed by atoms with Crippen LogP contribution in [0.5, 0.6) is 0 Å². The van der Waals surface area contributed by atoms with Gasteiger partial charge >= 0.3 is 5.97 Å². The number of carboxylic acid groups (broad SMARTS) is 1. The number of carbonyl (C=O) groups is 2. The Morgan fingerprint density at radius 2 is 1.89 bits per heavy atom. The number of nitrogens with one attached hydrogen (secondary N) is 1. The summed E-state index contributed by atoms with van der Waals surface area (Å²) in [5.41, 5.74) is 1.72. The average Bonchev–Trinajstić information content (AvgIpc) is 2.39. The summed E-state index contributed by atoms with van der Waals surface area (Å²) in [4.78, 5) is 22.9. The van der Waals surface area contributed by atoms with E-state index < -0.39 is 5.97 Å². The van der Waals surface area contributed by atoms with Crippen LogP contribution in [-0.4, -0.2) is 23.0 Å². The summed E-state index contributed by atoms with van der Waals surface area (Å²) in [6, 6.07) is 7.58. The van der Waals surface area contributed by atoms with Gasteiger partial charge in [-0.05, 0) is 44.7 Å². The summed E-state index contributed by atoms with van der Waals surface area (Å²) in [7, 11) is 0. The number of aryl methyl sites for hydroxylation is 1. The van der Waals surface area contributed by atoms with E-state index in [9.17, 15) is 9.59 Å². The van der Waals surface area contributed by atoms with Crippen LogP contribution in [-0.2, 0) is 4.79 Å². The largest absolute Gasteiger partial charge is 0.481 e. The van der Waals surface area contributed by atoms with Crippen molar-refractivity contribution in [3.05, 3.63) is 35.4 Å². The zero-order valence-electron chi connectivity index (χ0n) is 11.1. The second kappa shape index (κ2) is 5.87. The van der Waals surface area contributed by atoms with Crippen molar-refractivity contribution in [2.24, 2.45) is 5.92 Å². The quantitative estimate of drug-likeness (QED) is 0.877. The van der Waals surface area contributed by atoms with Crippen molar-refractivity contribution in [2.75, 3.05) is 0 Å². The third-order valence-electron chi connectivity index (χ3n) is 3.69. The van der Waals surface area contributed by atoms with Crippen LogP contribution in [0.3, 0.4) is 0 Å². The molecule has 2 rings (SSSR count). The Morgan fingerprint density at radius 1 is 1.21 bits per heavy atom. The molecule has 0 aliphatic heterocycles. The maximum absolute atomic E-state index is 12.1. The lowest BCUT2D eigenvalue weighted by atomic mass is 9.86. The van der Waals surface area contributed by atoms with Gasteiger partial charge in [-0.15, -0.1) is 0 Å². The van der Waals surface area contributed by atoms with E-state index >= 15 is 0 Å². The van der Waals surface area contributed by atoms with Crippen molar-refractivity contribution in [1.29, 1.82) is 0 Å². The monoisotopic (exact) mass is 261 g/mol. The van der Waals surface area contributed by atoms with Gasteiger partial charge in [-0.2, -0.15) is 0 Å². The lowest BCUT2D eigenvalue weighted by Crippen LogP contribution is -2.38. The molecule has 4 heteroatoms. The molecule has 0 heterocycles. The van der Waals surface area contributed by atoms with E-state index in [1.165, 1.54) is 0 Å². The van der Waals surface area contributed by atoms with E-state index in [1.54, 1.807) is 6.07 Å². The van der Waals surface area contributed by atoms with Gasteiger partial charge in [-0.25, -0.2) is 0 Å². The van der Waals surface area contributed by atoms with Crippen molar-refractivity contribution < 1.29 is 14.7 Å². The maximum atomic E-state index is 12.1. The molecule has 19 heavy (non-hydrogen) atoms. The molecular formula is C15H19NO3. The van der Waals surface area contributed by atoms with Gasteiger partial charge in [0.15, 0.2) is 0 Å². The van der Waals surface area contributed by atoms with Gasteiger partial charge in [-0.1, -0.05) is 17.7 Å². The third-order valence-corrected chi connectivity index (χ3v) is 3.69. The molecule has 0 unspecified atom stereocenters. The Balaban J connectivity index is 1.89.